The Labute approximate surface area is 119 Å². The van der Waals surface area contributed by atoms with Gasteiger partial charge in [0.1, 0.15) is 17.3 Å². The Kier molecular flexibility index (Phi) is 4.09. The van der Waals surface area contributed by atoms with E-state index in [1.807, 2.05) is 33.8 Å². The molecule has 1 atom stereocenters. The van der Waals surface area contributed by atoms with E-state index in [1.165, 1.54) is 12.1 Å². The molecule has 0 aliphatic carbocycles. The van der Waals surface area contributed by atoms with Gasteiger partial charge in [-0.3, -0.25) is 0 Å². The Morgan fingerprint density at radius 1 is 1.05 bits per heavy atom. The second-order valence-electron chi connectivity index (χ2n) is 5.23. The molecular formula is C17H20FNO. The van der Waals surface area contributed by atoms with Crippen LogP contribution in [0.15, 0.2) is 30.3 Å². The molecule has 0 amide bonds. The first kappa shape index (κ1) is 14.5. The van der Waals surface area contributed by atoms with Gasteiger partial charge in [-0.15, -0.1) is 0 Å². The van der Waals surface area contributed by atoms with E-state index < -0.39 is 0 Å². The number of hydrogen-bond donors (Lipinski definition) is 1. The minimum absolute atomic E-state index is 0.286. The maximum absolute atomic E-state index is 13.4. The van der Waals surface area contributed by atoms with Gasteiger partial charge in [-0.05, 0) is 62.6 Å². The lowest BCUT2D eigenvalue weighted by atomic mass is 10.0. The summed E-state index contributed by atoms with van der Waals surface area (Å²) in [6, 6.07) is 8.25. The summed E-state index contributed by atoms with van der Waals surface area (Å²) in [7, 11) is 0. The first-order chi connectivity index (χ1) is 9.40. The Morgan fingerprint density at radius 2 is 1.70 bits per heavy atom. The average molecular weight is 273 g/mol. The van der Waals surface area contributed by atoms with Crippen LogP contribution in [0, 0.1) is 26.6 Å². The normalized spacial score (nSPS) is 12.3. The minimum Gasteiger partial charge on any atom is -0.456 e. The van der Waals surface area contributed by atoms with E-state index in [-0.39, 0.29) is 11.9 Å². The summed E-state index contributed by atoms with van der Waals surface area (Å²) in [5.41, 5.74) is 9.87. The largest absolute Gasteiger partial charge is 0.456 e. The van der Waals surface area contributed by atoms with E-state index in [0.29, 0.717) is 11.3 Å². The van der Waals surface area contributed by atoms with Gasteiger partial charge in [0.2, 0.25) is 0 Å². The zero-order valence-electron chi connectivity index (χ0n) is 12.3. The number of hydrogen-bond acceptors (Lipinski definition) is 2. The zero-order chi connectivity index (χ0) is 14.9. The van der Waals surface area contributed by atoms with Crippen molar-refractivity contribution in [3.63, 3.8) is 0 Å². The van der Waals surface area contributed by atoms with E-state index in [1.54, 1.807) is 6.07 Å². The number of ether oxygens (including phenoxy) is 1. The van der Waals surface area contributed by atoms with Crippen LogP contribution >= 0.6 is 0 Å². The number of benzene rings is 2. The predicted octanol–water partition coefficient (Wildman–Crippen LogP) is 4.56. The van der Waals surface area contributed by atoms with Crippen molar-refractivity contribution >= 4 is 0 Å². The van der Waals surface area contributed by atoms with E-state index in [0.717, 1.165) is 22.4 Å². The van der Waals surface area contributed by atoms with Crippen LogP contribution in [0.4, 0.5) is 4.39 Å². The SMILES string of the molecule is Cc1ccc(C)c(Oc2ccc(F)cc2C(C)N)c1C. The molecule has 0 saturated carbocycles. The summed E-state index contributed by atoms with van der Waals surface area (Å²) in [6.07, 6.45) is 0. The maximum Gasteiger partial charge on any atom is 0.133 e. The van der Waals surface area contributed by atoms with Crippen LogP contribution in [0.25, 0.3) is 0 Å². The molecule has 2 rings (SSSR count). The van der Waals surface area contributed by atoms with Crippen LogP contribution < -0.4 is 10.5 Å². The summed E-state index contributed by atoms with van der Waals surface area (Å²) in [6.45, 7) is 7.87. The van der Waals surface area contributed by atoms with Crippen molar-refractivity contribution in [2.24, 2.45) is 5.73 Å². The minimum atomic E-state index is -0.303. The molecule has 0 aliphatic rings. The van der Waals surface area contributed by atoms with Gasteiger partial charge < -0.3 is 10.5 Å². The van der Waals surface area contributed by atoms with Gasteiger partial charge in [0.15, 0.2) is 0 Å². The third-order valence-electron chi connectivity index (χ3n) is 3.55. The Hall–Kier alpha value is -1.87. The second-order valence-corrected chi connectivity index (χ2v) is 5.23. The van der Waals surface area contributed by atoms with Gasteiger partial charge in [-0.2, -0.15) is 0 Å². The first-order valence-corrected chi connectivity index (χ1v) is 6.70. The Bertz CT molecular complexity index is 635. The smallest absolute Gasteiger partial charge is 0.133 e. The molecule has 0 heterocycles. The molecule has 3 heteroatoms. The van der Waals surface area contributed by atoms with Crippen molar-refractivity contribution in [3.05, 3.63) is 58.4 Å². The van der Waals surface area contributed by atoms with Crippen LogP contribution in [-0.2, 0) is 0 Å². The van der Waals surface area contributed by atoms with Crippen LogP contribution in [0.1, 0.15) is 35.2 Å². The number of aryl methyl sites for hydroxylation is 2. The van der Waals surface area contributed by atoms with E-state index in [4.69, 9.17) is 10.5 Å². The fourth-order valence-electron chi connectivity index (χ4n) is 2.16. The van der Waals surface area contributed by atoms with Gasteiger partial charge in [0.05, 0.1) is 0 Å². The number of halogens is 1. The molecule has 1 unspecified atom stereocenters. The van der Waals surface area contributed by atoms with Crippen molar-refractivity contribution in [1.82, 2.24) is 0 Å². The lowest BCUT2D eigenvalue weighted by molar-refractivity contribution is 0.462. The Morgan fingerprint density at radius 3 is 2.35 bits per heavy atom. The van der Waals surface area contributed by atoms with Crippen LogP contribution in [0.5, 0.6) is 11.5 Å². The molecule has 2 N–H and O–H groups in total. The van der Waals surface area contributed by atoms with E-state index in [2.05, 4.69) is 6.07 Å². The van der Waals surface area contributed by atoms with Crippen molar-refractivity contribution in [1.29, 1.82) is 0 Å². The zero-order valence-corrected chi connectivity index (χ0v) is 12.3. The van der Waals surface area contributed by atoms with E-state index >= 15 is 0 Å². The van der Waals surface area contributed by atoms with Gasteiger partial charge in [-0.25, -0.2) is 4.39 Å². The molecule has 0 bridgehead atoms. The standard InChI is InChI=1S/C17H20FNO/c1-10-5-6-11(2)17(12(10)3)20-16-8-7-14(18)9-15(16)13(4)19/h5-9,13H,19H2,1-4H3. The van der Waals surface area contributed by atoms with Crippen molar-refractivity contribution in [2.75, 3.05) is 0 Å². The molecule has 0 saturated heterocycles. The summed E-state index contributed by atoms with van der Waals surface area (Å²) < 4.78 is 19.4. The topological polar surface area (TPSA) is 35.2 Å². The molecule has 0 fully saturated rings. The molecule has 2 nitrogen and oxygen atoms in total. The molecule has 0 aromatic heterocycles. The lowest BCUT2D eigenvalue weighted by Crippen LogP contribution is -2.07. The summed E-state index contributed by atoms with van der Waals surface area (Å²) in [5.74, 6) is 1.12. The summed E-state index contributed by atoms with van der Waals surface area (Å²) >= 11 is 0. The number of nitrogens with two attached hydrogens (primary N) is 1. The summed E-state index contributed by atoms with van der Waals surface area (Å²) in [4.78, 5) is 0. The monoisotopic (exact) mass is 273 g/mol. The molecule has 106 valence electrons. The highest BCUT2D eigenvalue weighted by Crippen LogP contribution is 2.34. The summed E-state index contributed by atoms with van der Waals surface area (Å²) in [5, 5.41) is 0. The van der Waals surface area contributed by atoms with E-state index in [9.17, 15) is 4.39 Å². The molecule has 2 aromatic rings. The highest BCUT2D eigenvalue weighted by atomic mass is 19.1. The molecule has 20 heavy (non-hydrogen) atoms. The molecule has 0 aliphatic heterocycles. The van der Waals surface area contributed by atoms with Crippen LogP contribution in [0.3, 0.4) is 0 Å². The third kappa shape index (κ3) is 2.83. The molecular weight excluding hydrogens is 253 g/mol. The molecule has 0 spiro atoms. The highest BCUT2D eigenvalue weighted by molar-refractivity contribution is 5.48. The fourth-order valence-corrected chi connectivity index (χ4v) is 2.16. The molecule has 2 aromatic carbocycles. The average Bonchev–Trinajstić information content (AvgIpc) is 2.40. The Balaban J connectivity index is 2.48. The quantitative estimate of drug-likeness (QED) is 0.889. The first-order valence-electron chi connectivity index (χ1n) is 6.70. The fraction of sp³-hybridized carbons (Fsp3) is 0.294. The lowest BCUT2D eigenvalue weighted by Gasteiger charge is -2.17. The van der Waals surface area contributed by atoms with Crippen molar-refractivity contribution in [2.45, 2.75) is 33.7 Å². The second kappa shape index (κ2) is 5.63. The number of rotatable bonds is 3. The highest BCUT2D eigenvalue weighted by Gasteiger charge is 2.13. The van der Waals surface area contributed by atoms with Crippen LogP contribution in [0.2, 0.25) is 0 Å². The molecule has 0 radical (unpaired) electrons. The van der Waals surface area contributed by atoms with Gasteiger partial charge in [-0.1, -0.05) is 12.1 Å². The maximum atomic E-state index is 13.4. The van der Waals surface area contributed by atoms with Crippen molar-refractivity contribution < 1.29 is 9.13 Å². The van der Waals surface area contributed by atoms with Gasteiger partial charge in [0, 0.05) is 11.6 Å². The predicted molar refractivity (Wildman–Crippen MR) is 79.7 cm³/mol. The third-order valence-corrected chi connectivity index (χ3v) is 3.55. The van der Waals surface area contributed by atoms with Gasteiger partial charge in [0.25, 0.3) is 0 Å². The van der Waals surface area contributed by atoms with Crippen molar-refractivity contribution in [3.8, 4) is 11.5 Å². The van der Waals surface area contributed by atoms with Gasteiger partial charge >= 0.3 is 0 Å². The van der Waals surface area contributed by atoms with Crippen LogP contribution in [-0.4, -0.2) is 0 Å².